The summed E-state index contributed by atoms with van der Waals surface area (Å²) in [5, 5.41) is 11.1. The first-order valence-corrected chi connectivity index (χ1v) is 4.58. The van der Waals surface area contributed by atoms with Crippen LogP contribution in [0.1, 0.15) is 23.2 Å². The predicted molar refractivity (Wildman–Crippen MR) is 52.6 cm³/mol. The van der Waals surface area contributed by atoms with Gasteiger partial charge in [-0.15, -0.1) is 0 Å². The second kappa shape index (κ2) is 4.63. The third kappa shape index (κ3) is 3.12. The zero-order valence-corrected chi connectivity index (χ0v) is 8.61. The molecule has 1 unspecified atom stereocenters. The summed E-state index contributed by atoms with van der Waals surface area (Å²) in [7, 11) is 0. The molecule has 5 nitrogen and oxygen atoms in total. The summed E-state index contributed by atoms with van der Waals surface area (Å²) >= 11 is 0. The number of furan rings is 1. The molecule has 0 saturated heterocycles. The number of hydrogen-bond donors (Lipinski definition) is 2. The summed E-state index contributed by atoms with van der Waals surface area (Å²) in [6.45, 7) is 3.35. The number of amides is 1. The normalized spacial score (nSPS) is 12.1. The summed E-state index contributed by atoms with van der Waals surface area (Å²) in [5.41, 5.74) is 0. The molecule has 0 fully saturated rings. The van der Waals surface area contributed by atoms with Gasteiger partial charge in [-0.05, 0) is 19.1 Å². The van der Waals surface area contributed by atoms with Crippen LogP contribution in [0, 0.1) is 12.8 Å². The molecule has 0 saturated carbocycles. The van der Waals surface area contributed by atoms with Gasteiger partial charge in [-0.3, -0.25) is 9.59 Å². The fraction of sp³-hybridized carbons (Fsp3) is 0.400. The van der Waals surface area contributed by atoms with Gasteiger partial charge in [0.2, 0.25) is 0 Å². The Balaban J connectivity index is 2.47. The summed E-state index contributed by atoms with van der Waals surface area (Å²) in [4.78, 5) is 21.9. The smallest absolute Gasteiger partial charge is 0.308 e. The summed E-state index contributed by atoms with van der Waals surface area (Å²) < 4.78 is 5.08. The van der Waals surface area contributed by atoms with Gasteiger partial charge >= 0.3 is 5.97 Å². The third-order valence-corrected chi connectivity index (χ3v) is 1.95. The lowest BCUT2D eigenvalue weighted by Gasteiger charge is -2.06. The maximum atomic E-state index is 11.4. The quantitative estimate of drug-likeness (QED) is 0.779. The van der Waals surface area contributed by atoms with Crippen molar-refractivity contribution >= 4 is 11.9 Å². The van der Waals surface area contributed by atoms with E-state index in [2.05, 4.69) is 5.32 Å². The van der Waals surface area contributed by atoms with Gasteiger partial charge in [-0.2, -0.15) is 0 Å². The molecule has 1 aromatic heterocycles. The number of carboxylic acids is 1. The molecular formula is C10H13NO4. The third-order valence-electron chi connectivity index (χ3n) is 1.95. The van der Waals surface area contributed by atoms with E-state index >= 15 is 0 Å². The summed E-state index contributed by atoms with van der Waals surface area (Å²) in [6, 6.07) is 3.23. The standard InChI is InChI=1S/C10H13NO4/c1-6(10(13)14)5-11-9(12)8-4-3-7(2)15-8/h3-4,6H,5H2,1-2H3,(H,11,12)(H,13,14). The molecule has 5 heteroatoms. The van der Waals surface area contributed by atoms with Crippen LogP contribution in [0.3, 0.4) is 0 Å². The number of aliphatic carboxylic acids is 1. The molecule has 82 valence electrons. The maximum absolute atomic E-state index is 11.4. The van der Waals surface area contributed by atoms with E-state index in [4.69, 9.17) is 9.52 Å². The lowest BCUT2D eigenvalue weighted by atomic mass is 10.2. The molecule has 0 aliphatic carbocycles. The minimum atomic E-state index is -0.939. The Morgan fingerprint density at radius 3 is 2.67 bits per heavy atom. The van der Waals surface area contributed by atoms with Gasteiger partial charge in [0.15, 0.2) is 5.76 Å². The topological polar surface area (TPSA) is 79.5 Å². The molecular weight excluding hydrogens is 198 g/mol. The van der Waals surface area contributed by atoms with E-state index in [0.29, 0.717) is 5.76 Å². The Labute approximate surface area is 87.1 Å². The fourth-order valence-corrected chi connectivity index (χ4v) is 0.977. The highest BCUT2D eigenvalue weighted by atomic mass is 16.4. The minimum absolute atomic E-state index is 0.0912. The van der Waals surface area contributed by atoms with Crippen LogP contribution in [0.2, 0.25) is 0 Å². The van der Waals surface area contributed by atoms with Gasteiger partial charge in [0.05, 0.1) is 5.92 Å². The second-order valence-electron chi connectivity index (χ2n) is 3.36. The molecule has 2 N–H and O–H groups in total. The molecule has 0 aliphatic heterocycles. The number of carboxylic acid groups (broad SMARTS) is 1. The van der Waals surface area contributed by atoms with Gasteiger partial charge in [-0.1, -0.05) is 6.92 Å². The average molecular weight is 211 g/mol. The lowest BCUT2D eigenvalue weighted by Crippen LogP contribution is -2.31. The summed E-state index contributed by atoms with van der Waals surface area (Å²) in [5.74, 6) is -1.09. The van der Waals surface area contributed by atoms with Gasteiger partial charge in [0, 0.05) is 6.54 Å². The molecule has 0 aromatic carbocycles. The van der Waals surface area contributed by atoms with Crippen LogP contribution in [0.5, 0.6) is 0 Å². The Morgan fingerprint density at radius 2 is 2.20 bits per heavy atom. The number of carbonyl (C=O) groups excluding carboxylic acids is 1. The molecule has 1 aromatic rings. The Morgan fingerprint density at radius 1 is 1.53 bits per heavy atom. The van der Waals surface area contributed by atoms with Crippen LogP contribution < -0.4 is 5.32 Å². The molecule has 0 aliphatic rings. The number of rotatable bonds is 4. The minimum Gasteiger partial charge on any atom is -0.481 e. The van der Waals surface area contributed by atoms with Crippen LogP contribution in [0.25, 0.3) is 0 Å². The Bertz CT molecular complexity index is 369. The number of nitrogens with one attached hydrogen (secondary N) is 1. The first kappa shape index (κ1) is 11.3. The number of hydrogen-bond acceptors (Lipinski definition) is 3. The predicted octanol–water partition coefficient (Wildman–Crippen LogP) is 1.04. The zero-order valence-electron chi connectivity index (χ0n) is 8.61. The highest BCUT2D eigenvalue weighted by Gasteiger charge is 2.14. The van der Waals surface area contributed by atoms with Crippen LogP contribution in [0.15, 0.2) is 16.5 Å². The average Bonchev–Trinajstić information content (AvgIpc) is 2.60. The van der Waals surface area contributed by atoms with Gasteiger partial charge < -0.3 is 14.8 Å². The van der Waals surface area contributed by atoms with Gasteiger partial charge in [0.25, 0.3) is 5.91 Å². The maximum Gasteiger partial charge on any atom is 0.308 e. The van der Waals surface area contributed by atoms with Crippen LogP contribution >= 0.6 is 0 Å². The van der Waals surface area contributed by atoms with Crippen molar-refractivity contribution in [1.29, 1.82) is 0 Å². The Hall–Kier alpha value is -1.78. The molecule has 15 heavy (non-hydrogen) atoms. The van der Waals surface area contributed by atoms with E-state index in [1.807, 2.05) is 0 Å². The first-order chi connectivity index (χ1) is 7.00. The lowest BCUT2D eigenvalue weighted by molar-refractivity contribution is -0.140. The van der Waals surface area contributed by atoms with Crippen molar-refractivity contribution in [2.75, 3.05) is 6.54 Å². The summed E-state index contributed by atoms with van der Waals surface area (Å²) in [6.07, 6.45) is 0. The SMILES string of the molecule is Cc1ccc(C(=O)NCC(C)C(=O)O)o1. The van der Waals surface area contributed by atoms with Crippen molar-refractivity contribution in [3.05, 3.63) is 23.7 Å². The molecule has 0 bridgehead atoms. The van der Waals surface area contributed by atoms with E-state index < -0.39 is 17.8 Å². The van der Waals surface area contributed by atoms with E-state index in [9.17, 15) is 9.59 Å². The van der Waals surface area contributed by atoms with Crippen molar-refractivity contribution in [2.24, 2.45) is 5.92 Å². The second-order valence-corrected chi connectivity index (χ2v) is 3.36. The van der Waals surface area contributed by atoms with Gasteiger partial charge in [-0.25, -0.2) is 0 Å². The van der Waals surface area contributed by atoms with E-state index in [1.165, 1.54) is 6.92 Å². The number of aryl methyl sites for hydroxylation is 1. The fourth-order valence-electron chi connectivity index (χ4n) is 0.977. The van der Waals surface area contributed by atoms with E-state index in [-0.39, 0.29) is 12.3 Å². The molecule has 0 radical (unpaired) electrons. The van der Waals surface area contributed by atoms with E-state index in [1.54, 1.807) is 19.1 Å². The number of carbonyl (C=O) groups is 2. The van der Waals surface area contributed by atoms with Crippen LogP contribution in [-0.2, 0) is 4.79 Å². The van der Waals surface area contributed by atoms with Crippen molar-refractivity contribution in [2.45, 2.75) is 13.8 Å². The molecule has 0 spiro atoms. The van der Waals surface area contributed by atoms with Crippen molar-refractivity contribution < 1.29 is 19.1 Å². The molecule has 1 amide bonds. The van der Waals surface area contributed by atoms with Crippen molar-refractivity contribution in [3.8, 4) is 0 Å². The largest absolute Gasteiger partial charge is 0.481 e. The van der Waals surface area contributed by atoms with Crippen molar-refractivity contribution in [3.63, 3.8) is 0 Å². The van der Waals surface area contributed by atoms with Gasteiger partial charge in [0.1, 0.15) is 5.76 Å². The Kier molecular flexibility index (Phi) is 3.49. The first-order valence-electron chi connectivity index (χ1n) is 4.58. The zero-order chi connectivity index (χ0) is 11.4. The monoisotopic (exact) mass is 211 g/mol. The molecule has 1 atom stereocenters. The van der Waals surface area contributed by atoms with Crippen LogP contribution in [0.4, 0.5) is 0 Å². The van der Waals surface area contributed by atoms with Crippen LogP contribution in [-0.4, -0.2) is 23.5 Å². The van der Waals surface area contributed by atoms with E-state index in [0.717, 1.165) is 0 Å². The highest BCUT2D eigenvalue weighted by Crippen LogP contribution is 2.05. The molecule has 1 rings (SSSR count). The molecule has 1 heterocycles. The highest BCUT2D eigenvalue weighted by molar-refractivity contribution is 5.91. The van der Waals surface area contributed by atoms with Crippen molar-refractivity contribution in [1.82, 2.24) is 5.32 Å².